The number of amides is 1. The van der Waals surface area contributed by atoms with Crippen LogP contribution in [0.25, 0.3) is 0 Å². The molecule has 0 atom stereocenters. The fourth-order valence-electron chi connectivity index (χ4n) is 1.60. The highest BCUT2D eigenvalue weighted by atomic mass is 31.2. The Kier molecular flexibility index (Phi) is 2.93. The van der Waals surface area contributed by atoms with E-state index in [1.165, 1.54) is 25.5 Å². The Hall–Kier alpha value is -1.82. The van der Waals surface area contributed by atoms with Gasteiger partial charge in [0.1, 0.15) is 7.14 Å². The number of nitrogens with two attached hydrogens (primary N) is 1. The van der Waals surface area contributed by atoms with Crippen LogP contribution in [-0.2, 0) is 4.57 Å². The molecule has 1 aliphatic heterocycles. The second-order valence-corrected chi connectivity index (χ2v) is 7.36. The molecule has 19 heavy (non-hydrogen) atoms. The van der Waals surface area contributed by atoms with Crippen LogP contribution in [0.5, 0.6) is 17.2 Å². The van der Waals surface area contributed by atoms with Crippen LogP contribution in [0.4, 0.5) is 13.6 Å². The van der Waals surface area contributed by atoms with Gasteiger partial charge in [-0.05, 0) is 25.5 Å². The van der Waals surface area contributed by atoms with E-state index in [-0.39, 0.29) is 11.1 Å². The number of ether oxygens (including phenoxy) is 3. The zero-order chi connectivity index (χ0) is 14.4. The summed E-state index contributed by atoms with van der Waals surface area (Å²) in [6, 6.07) is 2.44. The Morgan fingerprint density at radius 1 is 1.32 bits per heavy atom. The lowest BCUT2D eigenvalue weighted by molar-refractivity contribution is -0.286. The van der Waals surface area contributed by atoms with E-state index in [0.717, 1.165) is 0 Å². The number of carbonyl (C=O) groups is 1. The first kappa shape index (κ1) is 13.6. The van der Waals surface area contributed by atoms with Gasteiger partial charge in [-0.15, -0.1) is 8.78 Å². The molecule has 2 rings (SSSR count). The van der Waals surface area contributed by atoms with E-state index in [1.807, 2.05) is 0 Å². The maximum Gasteiger partial charge on any atom is 0.586 e. The van der Waals surface area contributed by atoms with Crippen LogP contribution < -0.4 is 25.2 Å². The van der Waals surface area contributed by atoms with Gasteiger partial charge >= 0.3 is 12.4 Å². The highest BCUT2D eigenvalue weighted by Crippen LogP contribution is 2.51. The number of carbonyl (C=O) groups excluding carboxylic acids is 1. The highest BCUT2D eigenvalue weighted by molar-refractivity contribution is 7.70. The number of rotatable bonds is 2. The molecule has 0 bridgehead atoms. The zero-order valence-electron chi connectivity index (χ0n) is 9.98. The Morgan fingerprint density at radius 2 is 1.89 bits per heavy atom. The van der Waals surface area contributed by atoms with Gasteiger partial charge in [-0.25, -0.2) is 4.79 Å². The molecule has 0 aliphatic carbocycles. The van der Waals surface area contributed by atoms with Crippen molar-refractivity contribution in [3.8, 4) is 17.2 Å². The van der Waals surface area contributed by atoms with Gasteiger partial charge < -0.3 is 24.5 Å². The van der Waals surface area contributed by atoms with Gasteiger partial charge in [0.15, 0.2) is 11.5 Å². The average Bonchev–Trinajstić information content (AvgIpc) is 2.50. The van der Waals surface area contributed by atoms with Crippen molar-refractivity contribution >= 4 is 18.5 Å². The first-order chi connectivity index (χ1) is 8.60. The molecule has 9 heteroatoms. The van der Waals surface area contributed by atoms with E-state index < -0.39 is 31.0 Å². The van der Waals surface area contributed by atoms with Crippen molar-refractivity contribution in [2.75, 3.05) is 13.3 Å². The zero-order valence-corrected chi connectivity index (χ0v) is 10.9. The standard InChI is InChI=1S/C10H10F2NO5P/c1-19(2,15)6-4-3-5(16-9(13)14)7-8(6)18-10(11,12)17-7/h3-4H,1-2H3,(H2,13,14). The summed E-state index contributed by atoms with van der Waals surface area (Å²) in [4.78, 5) is 10.7. The van der Waals surface area contributed by atoms with E-state index in [4.69, 9.17) is 5.73 Å². The predicted molar refractivity (Wildman–Crippen MR) is 61.9 cm³/mol. The van der Waals surface area contributed by atoms with Gasteiger partial charge in [0.05, 0.1) is 5.30 Å². The molecule has 1 aromatic rings. The first-order valence-corrected chi connectivity index (χ1v) is 7.66. The third-order valence-corrected chi connectivity index (χ3v) is 3.80. The molecule has 0 unspecified atom stereocenters. The Labute approximate surface area is 106 Å². The molecule has 0 radical (unpaired) electrons. The van der Waals surface area contributed by atoms with Gasteiger partial charge in [0, 0.05) is 0 Å². The molecule has 0 aromatic heterocycles. The topological polar surface area (TPSA) is 87.9 Å². The van der Waals surface area contributed by atoms with Crippen molar-refractivity contribution in [2.24, 2.45) is 5.73 Å². The third-order valence-electron chi connectivity index (χ3n) is 2.29. The van der Waals surface area contributed by atoms with Crippen molar-refractivity contribution in [1.82, 2.24) is 0 Å². The quantitative estimate of drug-likeness (QED) is 0.839. The SMILES string of the molecule is CP(C)(=O)c1ccc(OC(N)=O)c2c1OC(F)(F)O2. The number of primary amides is 1. The number of halogens is 2. The monoisotopic (exact) mass is 293 g/mol. The minimum atomic E-state index is -3.91. The molecule has 2 N–H and O–H groups in total. The van der Waals surface area contributed by atoms with Crippen molar-refractivity contribution in [1.29, 1.82) is 0 Å². The molecule has 6 nitrogen and oxygen atoms in total. The number of hydrogen-bond acceptors (Lipinski definition) is 5. The molecule has 0 fully saturated rings. The van der Waals surface area contributed by atoms with Crippen LogP contribution in [-0.4, -0.2) is 25.7 Å². The van der Waals surface area contributed by atoms with E-state index in [9.17, 15) is 18.1 Å². The van der Waals surface area contributed by atoms with E-state index in [2.05, 4.69) is 14.2 Å². The lowest BCUT2D eigenvalue weighted by Gasteiger charge is -2.11. The summed E-state index contributed by atoms with van der Waals surface area (Å²) >= 11 is 0. The lowest BCUT2D eigenvalue weighted by atomic mass is 10.3. The molecular weight excluding hydrogens is 283 g/mol. The maximum atomic E-state index is 13.1. The summed E-state index contributed by atoms with van der Waals surface area (Å²) in [5, 5.41) is 0.0662. The van der Waals surface area contributed by atoms with Gasteiger partial charge in [-0.3, -0.25) is 0 Å². The van der Waals surface area contributed by atoms with Crippen molar-refractivity contribution < 1.29 is 32.4 Å². The van der Waals surface area contributed by atoms with E-state index >= 15 is 0 Å². The van der Waals surface area contributed by atoms with Gasteiger partial charge in [0.25, 0.3) is 0 Å². The summed E-state index contributed by atoms with van der Waals surface area (Å²) in [5.74, 6) is -1.22. The van der Waals surface area contributed by atoms with Crippen molar-refractivity contribution in [3.63, 3.8) is 0 Å². The van der Waals surface area contributed by atoms with Gasteiger partial charge in [-0.2, -0.15) is 0 Å². The normalized spacial score (nSPS) is 16.2. The maximum absolute atomic E-state index is 13.1. The summed E-state index contributed by atoms with van der Waals surface area (Å²) in [6.45, 7) is 2.77. The molecule has 0 saturated carbocycles. The minimum absolute atomic E-state index is 0.0662. The van der Waals surface area contributed by atoms with Crippen LogP contribution >= 0.6 is 7.14 Å². The van der Waals surface area contributed by atoms with Gasteiger partial charge in [0.2, 0.25) is 5.75 Å². The van der Waals surface area contributed by atoms with E-state index in [0.29, 0.717) is 0 Å². The van der Waals surface area contributed by atoms with Crippen LogP contribution in [0.1, 0.15) is 0 Å². The molecule has 0 spiro atoms. The van der Waals surface area contributed by atoms with E-state index in [1.54, 1.807) is 0 Å². The number of alkyl halides is 2. The fraction of sp³-hybridized carbons (Fsp3) is 0.300. The Morgan fingerprint density at radius 3 is 2.42 bits per heavy atom. The average molecular weight is 293 g/mol. The third kappa shape index (κ3) is 2.63. The number of hydrogen-bond donors (Lipinski definition) is 1. The second-order valence-electron chi connectivity index (χ2n) is 4.18. The van der Waals surface area contributed by atoms with Crippen LogP contribution in [0, 0.1) is 0 Å². The largest absolute Gasteiger partial charge is 0.586 e. The van der Waals surface area contributed by atoms with Crippen LogP contribution in [0.15, 0.2) is 12.1 Å². The molecule has 1 aromatic carbocycles. The predicted octanol–water partition coefficient (Wildman–Crippen LogP) is 1.71. The fourth-order valence-corrected chi connectivity index (χ4v) is 2.67. The first-order valence-electron chi connectivity index (χ1n) is 5.06. The minimum Gasteiger partial charge on any atom is -0.406 e. The second kappa shape index (κ2) is 4.09. The molecule has 104 valence electrons. The van der Waals surface area contributed by atoms with Crippen molar-refractivity contribution in [3.05, 3.63) is 12.1 Å². The summed E-state index contributed by atoms with van der Waals surface area (Å²) < 4.78 is 51.3. The lowest BCUT2D eigenvalue weighted by Crippen LogP contribution is -2.27. The van der Waals surface area contributed by atoms with Crippen LogP contribution in [0.2, 0.25) is 0 Å². The van der Waals surface area contributed by atoms with Crippen LogP contribution in [0.3, 0.4) is 0 Å². The summed E-state index contributed by atoms with van der Waals surface area (Å²) in [7, 11) is -2.88. The molecule has 1 aliphatic rings. The van der Waals surface area contributed by atoms with Crippen molar-refractivity contribution in [2.45, 2.75) is 6.29 Å². The summed E-state index contributed by atoms with van der Waals surface area (Å²) in [5.41, 5.74) is 4.81. The molecular formula is C10H10F2NO5P. The Bertz CT molecular complexity index is 598. The molecule has 1 amide bonds. The summed E-state index contributed by atoms with van der Waals surface area (Å²) in [6.07, 6.45) is -5.10. The van der Waals surface area contributed by atoms with Gasteiger partial charge in [-0.1, -0.05) is 0 Å². The highest BCUT2D eigenvalue weighted by Gasteiger charge is 2.47. The smallest absolute Gasteiger partial charge is 0.406 e. The molecule has 0 saturated heterocycles. The Balaban J connectivity index is 2.59. The number of fused-ring (bicyclic) bond motifs is 1. The number of benzene rings is 1. The molecule has 1 heterocycles.